The number of hydrogen-bond acceptors (Lipinski definition) is 3. The summed E-state index contributed by atoms with van der Waals surface area (Å²) in [5.41, 5.74) is 5.88. The molecular formula is C12H25N3O. The van der Waals surface area contributed by atoms with Crippen LogP contribution in [0.4, 0.5) is 0 Å². The summed E-state index contributed by atoms with van der Waals surface area (Å²) < 4.78 is 0. The molecule has 0 aromatic heterocycles. The molecule has 0 aromatic carbocycles. The second-order valence-electron chi connectivity index (χ2n) is 5.22. The predicted molar refractivity (Wildman–Crippen MR) is 66.1 cm³/mol. The van der Waals surface area contributed by atoms with Gasteiger partial charge < -0.3 is 10.6 Å². The van der Waals surface area contributed by atoms with E-state index in [9.17, 15) is 4.79 Å². The van der Waals surface area contributed by atoms with Crippen LogP contribution in [0, 0.1) is 5.92 Å². The summed E-state index contributed by atoms with van der Waals surface area (Å²) in [6, 6.07) is 0.224. The van der Waals surface area contributed by atoms with Gasteiger partial charge in [0.2, 0.25) is 5.91 Å². The van der Waals surface area contributed by atoms with Gasteiger partial charge in [0, 0.05) is 32.2 Å². The first kappa shape index (κ1) is 13.5. The van der Waals surface area contributed by atoms with E-state index in [1.807, 2.05) is 18.7 Å². The minimum Gasteiger partial charge on any atom is -0.339 e. The molecular weight excluding hydrogens is 202 g/mol. The van der Waals surface area contributed by atoms with E-state index in [4.69, 9.17) is 5.73 Å². The number of nitrogens with zero attached hydrogens (tertiary/aromatic N) is 2. The van der Waals surface area contributed by atoms with Crippen molar-refractivity contribution in [2.75, 3.05) is 26.2 Å². The van der Waals surface area contributed by atoms with Crippen molar-refractivity contribution in [1.29, 1.82) is 0 Å². The van der Waals surface area contributed by atoms with Crippen molar-refractivity contribution < 1.29 is 4.79 Å². The van der Waals surface area contributed by atoms with Crippen molar-refractivity contribution >= 4 is 5.91 Å². The molecule has 4 nitrogen and oxygen atoms in total. The van der Waals surface area contributed by atoms with Crippen LogP contribution >= 0.6 is 0 Å². The number of rotatable bonds is 3. The Labute approximate surface area is 98.8 Å². The highest BCUT2D eigenvalue weighted by molar-refractivity contribution is 5.82. The first-order chi connectivity index (χ1) is 7.43. The molecule has 0 saturated carbocycles. The summed E-state index contributed by atoms with van der Waals surface area (Å²) in [7, 11) is 0. The number of nitrogens with two attached hydrogens (primary N) is 1. The molecule has 1 saturated heterocycles. The molecule has 2 N–H and O–H groups in total. The number of carbonyl (C=O) groups is 1. The highest BCUT2D eigenvalue weighted by atomic mass is 16.2. The van der Waals surface area contributed by atoms with Gasteiger partial charge in [0.15, 0.2) is 0 Å². The van der Waals surface area contributed by atoms with E-state index in [-0.39, 0.29) is 17.9 Å². The van der Waals surface area contributed by atoms with E-state index >= 15 is 0 Å². The molecule has 1 amide bonds. The van der Waals surface area contributed by atoms with E-state index in [0.29, 0.717) is 6.04 Å². The number of piperazine rings is 1. The monoisotopic (exact) mass is 227 g/mol. The molecule has 4 heteroatoms. The lowest BCUT2D eigenvalue weighted by Gasteiger charge is -2.38. The lowest BCUT2D eigenvalue weighted by atomic mass is 10.0. The first-order valence-corrected chi connectivity index (χ1v) is 6.22. The summed E-state index contributed by atoms with van der Waals surface area (Å²) in [4.78, 5) is 16.3. The van der Waals surface area contributed by atoms with Gasteiger partial charge in [-0.3, -0.25) is 9.69 Å². The van der Waals surface area contributed by atoms with Crippen LogP contribution < -0.4 is 5.73 Å². The lowest BCUT2D eigenvalue weighted by Crippen LogP contribution is -2.55. The molecule has 0 aliphatic carbocycles. The third-order valence-corrected chi connectivity index (χ3v) is 3.36. The molecule has 1 rings (SSSR count). The summed E-state index contributed by atoms with van der Waals surface area (Å²) >= 11 is 0. The molecule has 1 fully saturated rings. The quantitative estimate of drug-likeness (QED) is 0.765. The maximum atomic E-state index is 12.0. The number of amides is 1. The molecule has 1 atom stereocenters. The molecule has 16 heavy (non-hydrogen) atoms. The van der Waals surface area contributed by atoms with Crippen LogP contribution in [-0.2, 0) is 4.79 Å². The Morgan fingerprint density at radius 3 is 1.94 bits per heavy atom. The standard InChI is InChI=1S/C12H25N3O/c1-9(2)11(13)12(16)15-7-5-14(6-8-15)10(3)4/h9-11H,5-8,13H2,1-4H3. The maximum Gasteiger partial charge on any atom is 0.239 e. The van der Waals surface area contributed by atoms with Gasteiger partial charge in [0.1, 0.15) is 0 Å². The molecule has 94 valence electrons. The Kier molecular flexibility index (Phi) is 4.74. The zero-order valence-corrected chi connectivity index (χ0v) is 10.9. The highest BCUT2D eigenvalue weighted by Gasteiger charge is 2.27. The minimum absolute atomic E-state index is 0.110. The van der Waals surface area contributed by atoms with Crippen molar-refractivity contribution in [2.45, 2.75) is 39.8 Å². The highest BCUT2D eigenvalue weighted by Crippen LogP contribution is 2.09. The van der Waals surface area contributed by atoms with Crippen LogP contribution in [0.5, 0.6) is 0 Å². The largest absolute Gasteiger partial charge is 0.339 e. The fraction of sp³-hybridized carbons (Fsp3) is 0.917. The van der Waals surface area contributed by atoms with Gasteiger partial charge in [-0.25, -0.2) is 0 Å². The van der Waals surface area contributed by atoms with E-state index in [1.54, 1.807) is 0 Å². The molecule has 1 unspecified atom stereocenters. The smallest absolute Gasteiger partial charge is 0.239 e. The summed E-state index contributed by atoms with van der Waals surface area (Å²) in [5.74, 6) is 0.328. The van der Waals surface area contributed by atoms with E-state index in [2.05, 4.69) is 18.7 Å². The summed E-state index contributed by atoms with van der Waals surface area (Å²) in [5, 5.41) is 0. The van der Waals surface area contributed by atoms with Gasteiger partial charge in [-0.15, -0.1) is 0 Å². The SMILES string of the molecule is CC(C)C(N)C(=O)N1CCN(C(C)C)CC1. The van der Waals surface area contributed by atoms with Crippen LogP contribution in [0.25, 0.3) is 0 Å². The predicted octanol–water partition coefficient (Wildman–Crippen LogP) is 0.522. The van der Waals surface area contributed by atoms with Crippen molar-refractivity contribution in [3.63, 3.8) is 0 Å². The molecule has 0 aromatic rings. The fourth-order valence-electron chi connectivity index (χ4n) is 1.95. The summed E-state index contributed by atoms with van der Waals surface area (Å²) in [6.07, 6.45) is 0. The van der Waals surface area contributed by atoms with Gasteiger partial charge in [0.25, 0.3) is 0 Å². The number of carbonyl (C=O) groups excluding carboxylic acids is 1. The second kappa shape index (κ2) is 5.64. The third-order valence-electron chi connectivity index (χ3n) is 3.36. The Bertz CT molecular complexity index is 232. The Hall–Kier alpha value is -0.610. The van der Waals surface area contributed by atoms with E-state index < -0.39 is 0 Å². The molecule has 0 bridgehead atoms. The van der Waals surface area contributed by atoms with Crippen molar-refractivity contribution in [3.05, 3.63) is 0 Å². The zero-order chi connectivity index (χ0) is 12.3. The van der Waals surface area contributed by atoms with Crippen molar-refractivity contribution in [3.8, 4) is 0 Å². The molecule has 1 aliphatic rings. The Morgan fingerprint density at radius 2 is 1.56 bits per heavy atom. The van der Waals surface area contributed by atoms with Gasteiger partial charge in [-0.1, -0.05) is 13.8 Å². The molecule has 1 heterocycles. The maximum absolute atomic E-state index is 12.0. The fourth-order valence-corrected chi connectivity index (χ4v) is 1.95. The van der Waals surface area contributed by atoms with Crippen LogP contribution in [-0.4, -0.2) is 54.0 Å². The van der Waals surface area contributed by atoms with E-state index in [0.717, 1.165) is 26.2 Å². The normalized spacial score (nSPS) is 20.6. The molecule has 1 aliphatic heterocycles. The second-order valence-corrected chi connectivity index (χ2v) is 5.22. The number of hydrogen-bond donors (Lipinski definition) is 1. The van der Waals surface area contributed by atoms with Crippen LogP contribution in [0.1, 0.15) is 27.7 Å². The van der Waals surface area contributed by atoms with Gasteiger partial charge in [-0.05, 0) is 19.8 Å². The average molecular weight is 227 g/mol. The van der Waals surface area contributed by atoms with Crippen LogP contribution in [0.3, 0.4) is 0 Å². The van der Waals surface area contributed by atoms with Crippen molar-refractivity contribution in [1.82, 2.24) is 9.80 Å². The molecule has 0 radical (unpaired) electrons. The summed E-state index contributed by atoms with van der Waals surface area (Å²) in [6.45, 7) is 11.9. The Balaban J connectivity index is 2.45. The average Bonchev–Trinajstić information content (AvgIpc) is 2.27. The van der Waals surface area contributed by atoms with Crippen LogP contribution in [0.15, 0.2) is 0 Å². The topological polar surface area (TPSA) is 49.6 Å². The third kappa shape index (κ3) is 3.19. The van der Waals surface area contributed by atoms with Gasteiger partial charge in [0.05, 0.1) is 6.04 Å². The van der Waals surface area contributed by atoms with Gasteiger partial charge >= 0.3 is 0 Å². The van der Waals surface area contributed by atoms with Gasteiger partial charge in [-0.2, -0.15) is 0 Å². The molecule has 0 spiro atoms. The lowest BCUT2D eigenvalue weighted by molar-refractivity contribution is -0.135. The van der Waals surface area contributed by atoms with E-state index in [1.165, 1.54) is 0 Å². The first-order valence-electron chi connectivity index (χ1n) is 6.22. The zero-order valence-electron chi connectivity index (χ0n) is 10.9. The Morgan fingerprint density at radius 1 is 1.06 bits per heavy atom. The van der Waals surface area contributed by atoms with Crippen LogP contribution in [0.2, 0.25) is 0 Å². The van der Waals surface area contributed by atoms with Crippen molar-refractivity contribution in [2.24, 2.45) is 11.7 Å². The minimum atomic E-state index is -0.342.